The van der Waals surface area contributed by atoms with Gasteiger partial charge in [0.1, 0.15) is 16.4 Å². The molecule has 1 heterocycles. The molecular formula is C13H17N3O6S. The molecule has 1 saturated heterocycles. The third-order valence-electron chi connectivity index (χ3n) is 3.22. The Morgan fingerprint density at radius 2 is 2.00 bits per heavy atom. The van der Waals surface area contributed by atoms with Gasteiger partial charge in [-0.15, -0.1) is 0 Å². The minimum absolute atomic E-state index is 0.0593. The maximum absolute atomic E-state index is 12.4. The van der Waals surface area contributed by atoms with Crippen molar-refractivity contribution in [3.8, 4) is 11.5 Å². The van der Waals surface area contributed by atoms with E-state index in [2.05, 4.69) is 10.0 Å². The van der Waals surface area contributed by atoms with Crippen molar-refractivity contribution >= 4 is 22.0 Å². The molecule has 0 aromatic heterocycles. The summed E-state index contributed by atoms with van der Waals surface area (Å²) in [4.78, 5) is 23.7. The second-order valence-electron chi connectivity index (χ2n) is 4.62. The van der Waals surface area contributed by atoms with E-state index in [0.29, 0.717) is 5.75 Å². The van der Waals surface area contributed by atoms with E-state index in [9.17, 15) is 18.0 Å². The van der Waals surface area contributed by atoms with E-state index in [-0.39, 0.29) is 30.3 Å². The number of nitrogens with one attached hydrogen (secondary N) is 2. The number of carbonyl (C=O) groups excluding carboxylic acids is 2. The number of hydrogen-bond acceptors (Lipinski definition) is 6. The van der Waals surface area contributed by atoms with Gasteiger partial charge in [-0.2, -0.15) is 0 Å². The fourth-order valence-corrected chi connectivity index (χ4v) is 3.25. The van der Waals surface area contributed by atoms with Crippen LogP contribution in [0.3, 0.4) is 0 Å². The van der Waals surface area contributed by atoms with Crippen LogP contribution in [0.4, 0.5) is 4.79 Å². The summed E-state index contributed by atoms with van der Waals surface area (Å²) in [5.74, 6) is 0.127. The molecule has 1 fully saturated rings. The second-order valence-corrected chi connectivity index (χ2v) is 6.35. The minimum Gasteiger partial charge on any atom is -0.497 e. The number of nitrogens with zero attached hydrogens (tertiary/aromatic N) is 1. The van der Waals surface area contributed by atoms with E-state index >= 15 is 0 Å². The molecule has 10 heteroatoms. The summed E-state index contributed by atoms with van der Waals surface area (Å²) in [6.07, 6.45) is 0. The third kappa shape index (κ3) is 3.71. The number of urea groups is 1. The van der Waals surface area contributed by atoms with E-state index in [0.717, 1.165) is 4.90 Å². The van der Waals surface area contributed by atoms with Gasteiger partial charge in [0.05, 0.1) is 20.8 Å². The van der Waals surface area contributed by atoms with Gasteiger partial charge in [-0.25, -0.2) is 17.9 Å². The zero-order chi connectivity index (χ0) is 17.0. The van der Waals surface area contributed by atoms with E-state index in [4.69, 9.17) is 9.47 Å². The first-order valence-electron chi connectivity index (χ1n) is 6.69. The van der Waals surface area contributed by atoms with Crippen LogP contribution in [0.15, 0.2) is 23.1 Å². The van der Waals surface area contributed by atoms with Gasteiger partial charge in [-0.3, -0.25) is 9.69 Å². The molecule has 1 aliphatic rings. The van der Waals surface area contributed by atoms with Gasteiger partial charge in [0.25, 0.3) is 0 Å². The predicted molar refractivity (Wildman–Crippen MR) is 79.8 cm³/mol. The van der Waals surface area contributed by atoms with Gasteiger partial charge in [-0.05, 0) is 12.1 Å². The molecule has 0 bridgehead atoms. The van der Waals surface area contributed by atoms with Crippen molar-refractivity contribution < 1.29 is 27.5 Å². The number of rotatable bonds is 7. The van der Waals surface area contributed by atoms with Gasteiger partial charge in [0, 0.05) is 19.2 Å². The molecule has 3 amide bonds. The molecule has 23 heavy (non-hydrogen) atoms. The Hall–Kier alpha value is -2.33. The van der Waals surface area contributed by atoms with Crippen molar-refractivity contribution in [3.63, 3.8) is 0 Å². The Morgan fingerprint density at radius 1 is 1.26 bits per heavy atom. The molecule has 1 aromatic rings. The standard InChI is InChI=1S/C13H17N3O6S/c1-21-9-3-4-10(22-2)11(7-9)23(19,20)15-5-6-16-12(17)8-14-13(16)18/h3-4,7,15H,5-6,8H2,1-2H3,(H,14,18). The van der Waals surface area contributed by atoms with Crippen LogP contribution in [0.5, 0.6) is 11.5 Å². The molecule has 0 saturated carbocycles. The minimum atomic E-state index is -3.89. The molecule has 0 aliphatic carbocycles. The van der Waals surface area contributed by atoms with E-state index < -0.39 is 22.0 Å². The summed E-state index contributed by atoms with van der Waals surface area (Å²) in [5.41, 5.74) is 0. The van der Waals surface area contributed by atoms with Crippen molar-refractivity contribution in [3.05, 3.63) is 18.2 Å². The van der Waals surface area contributed by atoms with Crippen LogP contribution in [0.2, 0.25) is 0 Å². The molecule has 0 unspecified atom stereocenters. The number of imide groups is 1. The first-order valence-corrected chi connectivity index (χ1v) is 8.17. The van der Waals surface area contributed by atoms with E-state index in [1.165, 1.54) is 26.4 Å². The average molecular weight is 343 g/mol. The number of amides is 3. The largest absolute Gasteiger partial charge is 0.497 e. The van der Waals surface area contributed by atoms with Crippen molar-refractivity contribution in [1.82, 2.24) is 14.9 Å². The summed E-state index contributed by atoms with van der Waals surface area (Å²) in [5, 5.41) is 2.36. The second kappa shape index (κ2) is 6.84. The van der Waals surface area contributed by atoms with Crippen molar-refractivity contribution in [2.75, 3.05) is 33.9 Å². The fraction of sp³-hybridized carbons (Fsp3) is 0.385. The number of carbonyl (C=O) groups is 2. The highest BCUT2D eigenvalue weighted by molar-refractivity contribution is 7.89. The Bertz CT molecular complexity index is 702. The number of ether oxygens (including phenoxy) is 2. The molecular weight excluding hydrogens is 326 g/mol. The van der Waals surface area contributed by atoms with Crippen molar-refractivity contribution in [1.29, 1.82) is 0 Å². The summed E-state index contributed by atoms with van der Waals surface area (Å²) in [7, 11) is -1.11. The molecule has 2 N–H and O–H groups in total. The smallest absolute Gasteiger partial charge is 0.324 e. The molecule has 1 aliphatic heterocycles. The predicted octanol–water partition coefficient (Wildman–Crippen LogP) is -0.466. The summed E-state index contributed by atoms with van der Waals surface area (Å²) in [6.45, 7) is -0.243. The topological polar surface area (TPSA) is 114 Å². The zero-order valence-electron chi connectivity index (χ0n) is 12.7. The number of sulfonamides is 1. The van der Waals surface area contributed by atoms with Crippen LogP contribution < -0.4 is 19.5 Å². The number of methoxy groups -OCH3 is 2. The average Bonchev–Trinajstić information content (AvgIpc) is 2.86. The van der Waals surface area contributed by atoms with Gasteiger partial charge in [-0.1, -0.05) is 0 Å². The Morgan fingerprint density at radius 3 is 2.57 bits per heavy atom. The summed E-state index contributed by atoms with van der Waals surface area (Å²) in [6, 6.07) is 3.85. The molecule has 0 radical (unpaired) electrons. The highest BCUT2D eigenvalue weighted by Gasteiger charge is 2.28. The number of hydrogen-bond donors (Lipinski definition) is 2. The lowest BCUT2D eigenvalue weighted by Gasteiger charge is -2.14. The molecule has 9 nitrogen and oxygen atoms in total. The van der Waals surface area contributed by atoms with E-state index in [1.807, 2.05) is 0 Å². The fourth-order valence-electron chi connectivity index (χ4n) is 2.05. The molecule has 0 spiro atoms. The molecule has 126 valence electrons. The maximum atomic E-state index is 12.4. The summed E-state index contributed by atoms with van der Waals surface area (Å²) < 4.78 is 37.1. The lowest BCUT2D eigenvalue weighted by atomic mass is 10.3. The van der Waals surface area contributed by atoms with Gasteiger partial charge < -0.3 is 14.8 Å². The normalized spacial score (nSPS) is 14.8. The zero-order valence-corrected chi connectivity index (χ0v) is 13.5. The highest BCUT2D eigenvalue weighted by Crippen LogP contribution is 2.27. The van der Waals surface area contributed by atoms with Crippen LogP contribution >= 0.6 is 0 Å². The van der Waals surface area contributed by atoms with Crippen molar-refractivity contribution in [2.24, 2.45) is 0 Å². The first-order chi connectivity index (χ1) is 10.9. The van der Waals surface area contributed by atoms with Gasteiger partial charge in [0.2, 0.25) is 15.9 Å². The van der Waals surface area contributed by atoms with Crippen LogP contribution in [0.25, 0.3) is 0 Å². The number of benzene rings is 1. The summed E-state index contributed by atoms with van der Waals surface area (Å²) >= 11 is 0. The van der Waals surface area contributed by atoms with Crippen molar-refractivity contribution in [2.45, 2.75) is 4.90 Å². The van der Waals surface area contributed by atoms with Crippen LogP contribution in [-0.2, 0) is 14.8 Å². The van der Waals surface area contributed by atoms with Gasteiger partial charge in [0.15, 0.2) is 0 Å². The molecule has 2 rings (SSSR count). The molecule has 1 aromatic carbocycles. The quantitative estimate of drug-likeness (QED) is 0.647. The first kappa shape index (κ1) is 17.0. The lowest BCUT2D eigenvalue weighted by molar-refractivity contribution is -0.124. The highest BCUT2D eigenvalue weighted by atomic mass is 32.2. The SMILES string of the molecule is COc1ccc(OC)c(S(=O)(=O)NCCN2C(=O)CNC2=O)c1. The lowest BCUT2D eigenvalue weighted by Crippen LogP contribution is -2.38. The van der Waals surface area contributed by atoms with Crippen LogP contribution in [-0.4, -0.2) is 59.1 Å². The third-order valence-corrected chi connectivity index (χ3v) is 4.71. The van der Waals surface area contributed by atoms with Crippen LogP contribution in [0.1, 0.15) is 0 Å². The maximum Gasteiger partial charge on any atom is 0.324 e. The Labute approximate surface area is 133 Å². The van der Waals surface area contributed by atoms with Gasteiger partial charge >= 0.3 is 6.03 Å². The van der Waals surface area contributed by atoms with Crippen LogP contribution in [0, 0.1) is 0 Å². The Balaban J connectivity index is 2.10. The van der Waals surface area contributed by atoms with E-state index in [1.54, 1.807) is 6.07 Å². The monoisotopic (exact) mass is 343 g/mol. The Kier molecular flexibility index (Phi) is 5.06. The molecule has 0 atom stereocenters.